The maximum absolute atomic E-state index is 12.6. The number of hydrogen-bond donors (Lipinski definition) is 1. The van der Waals surface area contributed by atoms with Gasteiger partial charge in [-0.1, -0.05) is 34.1 Å². The molecule has 2 fully saturated rings. The molecule has 2 rings (SSSR count). The van der Waals surface area contributed by atoms with Gasteiger partial charge in [-0.3, -0.25) is 0 Å². The van der Waals surface area contributed by atoms with E-state index in [0.29, 0.717) is 11.7 Å². The number of fused-ring (bicyclic) bond motifs is 1. The van der Waals surface area contributed by atoms with Crippen molar-refractivity contribution < 1.29 is 8.42 Å². The first-order chi connectivity index (χ1) is 8.76. The Labute approximate surface area is 118 Å². The van der Waals surface area contributed by atoms with Crippen molar-refractivity contribution in [1.82, 2.24) is 5.32 Å². The molecule has 1 saturated heterocycles. The SMILES string of the molecule is CCC(C)(C)C1CCC2NCC(C)CS(=O)(=O)C2C1. The van der Waals surface area contributed by atoms with Crippen LogP contribution in [-0.4, -0.2) is 32.0 Å². The zero-order valence-corrected chi connectivity index (χ0v) is 13.6. The second-order valence-electron chi connectivity index (χ2n) is 7.34. The van der Waals surface area contributed by atoms with Gasteiger partial charge in [0.05, 0.1) is 11.0 Å². The Morgan fingerprint density at radius 3 is 2.58 bits per heavy atom. The molecule has 1 aliphatic carbocycles. The molecule has 0 aromatic rings. The van der Waals surface area contributed by atoms with Crippen LogP contribution in [0, 0.1) is 17.3 Å². The molecular formula is C15H29NO2S. The summed E-state index contributed by atoms with van der Waals surface area (Å²) in [4.78, 5) is 0. The quantitative estimate of drug-likeness (QED) is 0.849. The Kier molecular flexibility index (Phi) is 4.32. The summed E-state index contributed by atoms with van der Waals surface area (Å²) < 4.78 is 25.1. The van der Waals surface area contributed by atoms with E-state index in [9.17, 15) is 8.42 Å². The fourth-order valence-corrected chi connectivity index (χ4v) is 6.11. The van der Waals surface area contributed by atoms with Gasteiger partial charge in [0.25, 0.3) is 0 Å². The number of sulfone groups is 1. The molecule has 19 heavy (non-hydrogen) atoms. The average molecular weight is 287 g/mol. The smallest absolute Gasteiger partial charge is 0.155 e. The summed E-state index contributed by atoms with van der Waals surface area (Å²) in [7, 11) is -2.93. The third-order valence-corrected chi connectivity index (χ3v) is 7.99. The van der Waals surface area contributed by atoms with E-state index >= 15 is 0 Å². The molecule has 0 radical (unpaired) electrons. The van der Waals surface area contributed by atoms with Crippen LogP contribution in [0.3, 0.4) is 0 Å². The van der Waals surface area contributed by atoms with Crippen LogP contribution in [0.2, 0.25) is 0 Å². The lowest BCUT2D eigenvalue weighted by molar-refractivity contribution is 0.139. The van der Waals surface area contributed by atoms with Crippen LogP contribution in [0.15, 0.2) is 0 Å². The topological polar surface area (TPSA) is 46.2 Å². The van der Waals surface area contributed by atoms with Gasteiger partial charge in [-0.15, -0.1) is 0 Å². The molecule has 112 valence electrons. The lowest BCUT2D eigenvalue weighted by atomic mass is 9.68. The van der Waals surface area contributed by atoms with Crippen molar-refractivity contribution in [2.24, 2.45) is 17.3 Å². The summed E-state index contributed by atoms with van der Waals surface area (Å²) in [6, 6.07) is 0.193. The highest BCUT2D eigenvalue weighted by molar-refractivity contribution is 7.92. The first kappa shape index (κ1) is 15.3. The van der Waals surface area contributed by atoms with Gasteiger partial charge in [-0.25, -0.2) is 8.42 Å². The van der Waals surface area contributed by atoms with Gasteiger partial charge in [0.1, 0.15) is 0 Å². The van der Waals surface area contributed by atoms with E-state index in [-0.39, 0.29) is 22.6 Å². The fourth-order valence-electron chi connectivity index (χ4n) is 3.69. The first-order valence-corrected chi connectivity index (χ1v) is 9.42. The van der Waals surface area contributed by atoms with Crippen molar-refractivity contribution in [3.63, 3.8) is 0 Å². The molecule has 0 aromatic carbocycles. The predicted molar refractivity (Wildman–Crippen MR) is 79.9 cm³/mol. The van der Waals surface area contributed by atoms with Crippen molar-refractivity contribution >= 4 is 9.84 Å². The summed E-state index contributed by atoms with van der Waals surface area (Å²) in [5, 5.41) is 3.35. The van der Waals surface area contributed by atoms with Gasteiger partial charge in [-0.2, -0.15) is 0 Å². The molecule has 4 heteroatoms. The number of hydrogen-bond acceptors (Lipinski definition) is 3. The molecule has 0 amide bonds. The number of rotatable bonds is 2. The molecule has 0 bridgehead atoms. The van der Waals surface area contributed by atoms with Crippen LogP contribution in [0.25, 0.3) is 0 Å². The molecule has 1 aliphatic heterocycles. The van der Waals surface area contributed by atoms with Crippen molar-refractivity contribution in [1.29, 1.82) is 0 Å². The van der Waals surface area contributed by atoms with Gasteiger partial charge in [0, 0.05) is 6.04 Å². The summed E-state index contributed by atoms with van der Waals surface area (Å²) in [5.41, 5.74) is 0.262. The second-order valence-corrected chi connectivity index (χ2v) is 9.60. The van der Waals surface area contributed by atoms with Gasteiger partial charge in [-0.05, 0) is 43.1 Å². The van der Waals surface area contributed by atoms with Gasteiger partial charge < -0.3 is 5.32 Å². The van der Waals surface area contributed by atoms with E-state index in [0.717, 1.165) is 25.8 Å². The third kappa shape index (κ3) is 3.15. The van der Waals surface area contributed by atoms with E-state index in [1.165, 1.54) is 6.42 Å². The highest BCUT2D eigenvalue weighted by Gasteiger charge is 2.44. The van der Waals surface area contributed by atoms with Crippen LogP contribution >= 0.6 is 0 Å². The van der Waals surface area contributed by atoms with Gasteiger partial charge in [0.15, 0.2) is 9.84 Å². The van der Waals surface area contributed by atoms with E-state index in [4.69, 9.17) is 0 Å². The molecular weight excluding hydrogens is 258 g/mol. The molecule has 2 aliphatic rings. The maximum Gasteiger partial charge on any atom is 0.155 e. The molecule has 4 atom stereocenters. The fraction of sp³-hybridized carbons (Fsp3) is 1.00. The van der Waals surface area contributed by atoms with Crippen LogP contribution in [-0.2, 0) is 9.84 Å². The van der Waals surface area contributed by atoms with Crippen molar-refractivity contribution in [2.75, 3.05) is 12.3 Å². The van der Waals surface area contributed by atoms with Crippen molar-refractivity contribution in [3.8, 4) is 0 Å². The summed E-state index contributed by atoms with van der Waals surface area (Å²) in [6.07, 6.45) is 4.16. The Balaban J connectivity index is 2.20. The average Bonchev–Trinajstić information content (AvgIpc) is 2.45. The van der Waals surface area contributed by atoms with Crippen molar-refractivity contribution in [2.45, 2.75) is 64.7 Å². The Bertz CT molecular complexity index is 416. The molecule has 1 saturated carbocycles. The van der Waals surface area contributed by atoms with Crippen LogP contribution in [0.1, 0.15) is 53.4 Å². The van der Waals surface area contributed by atoms with Gasteiger partial charge >= 0.3 is 0 Å². The standard InChI is InChI=1S/C15H29NO2S/c1-5-15(3,4)12-6-7-13-14(8-12)19(17,18)10-11(2)9-16-13/h11-14,16H,5-10H2,1-4H3. The monoisotopic (exact) mass is 287 g/mol. The molecule has 1 heterocycles. The van der Waals surface area contributed by atoms with E-state index in [1.54, 1.807) is 0 Å². The molecule has 3 nitrogen and oxygen atoms in total. The molecule has 0 spiro atoms. The van der Waals surface area contributed by atoms with Crippen molar-refractivity contribution in [3.05, 3.63) is 0 Å². The van der Waals surface area contributed by atoms with Crippen LogP contribution in [0.5, 0.6) is 0 Å². The normalized spacial score (nSPS) is 39.4. The molecule has 0 aromatic heterocycles. The Morgan fingerprint density at radius 1 is 1.26 bits per heavy atom. The Hall–Kier alpha value is -0.0900. The summed E-state index contributed by atoms with van der Waals surface area (Å²) in [5.74, 6) is 1.15. The summed E-state index contributed by atoms with van der Waals surface area (Å²) in [6.45, 7) is 9.68. The lowest BCUT2D eigenvalue weighted by Gasteiger charge is -2.42. The Morgan fingerprint density at radius 2 is 1.95 bits per heavy atom. The van der Waals surface area contributed by atoms with Crippen LogP contribution in [0.4, 0.5) is 0 Å². The maximum atomic E-state index is 12.6. The largest absolute Gasteiger partial charge is 0.312 e. The molecule has 1 N–H and O–H groups in total. The zero-order chi connectivity index (χ0) is 14.3. The highest BCUT2D eigenvalue weighted by atomic mass is 32.2. The third-order valence-electron chi connectivity index (χ3n) is 5.51. The second kappa shape index (κ2) is 5.36. The van der Waals surface area contributed by atoms with E-state index < -0.39 is 9.84 Å². The summed E-state index contributed by atoms with van der Waals surface area (Å²) >= 11 is 0. The van der Waals surface area contributed by atoms with Crippen LogP contribution < -0.4 is 5.32 Å². The minimum atomic E-state index is -2.93. The minimum absolute atomic E-state index is 0.151. The molecule has 4 unspecified atom stereocenters. The predicted octanol–water partition coefficient (Wildman–Crippen LogP) is 2.61. The van der Waals surface area contributed by atoms with Gasteiger partial charge in [0.2, 0.25) is 0 Å². The lowest BCUT2D eigenvalue weighted by Crippen LogP contribution is -2.48. The first-order valence-electron chi connectivity index (χ1n) is 7.71. The zero-order valence-electron chi connectivity index (χ0n) is 12.8. The highest BCUT2D eigenvalue weighted by Crippen LogP contribution is 2.43. The van der Waals surface area contributed by atoms with E-state index in [2.05, 4.69) is 26.1 Å². The van der Waals surface area contributed by atoms with E-state index in [1.807, 2.05) is 6.92 Å². The minimum Gasteiger partial charge on any atom is -0.312 e. The number of nitrogens with one attached hydrogen (secondary N) is 1.